The van der Waals surface area contributed by atoms with E-state index in [2.05, 4.69) is 6.92 Å². The van der Waals surface area contributed by atoms with Crippen LogP contribution in [0.15, 0.2) is 0 Å². The molecule has 0 spiro atoms. The number of rotatable bonds is 9. The van der Waals surface area contributed by atoms with Gasteiger partial charge in [0.05, 0.1) is 0 Å². The molecule has 0 nitrogen and oxygen atoms in total. The van der Waals surface area contributed by atoms with Crippen molar-refractivity contribution in [3.05, 3.63) is 0 Å². The second kappa shape index (κ2) is 7.98. The van der Waals surface area contributed by atoms with E-state index in [9.17, 15) is 22.0 Å². The van der Waals surface area contributed by atoms with Crippen molar-refractivity contribution in [3.8, 4) is 0 Å². The van der Waals surface area contributed by atoms with Gasteiger partial charge in [0.2, 0.25) is 0 Å². The third kappa shape index (κ3) is 8.30. The summed E-state index contributed by atoms with van der Waals surface area (Å²) in [5.41, 5.74) is 0. The third-order valence-electron chi connectivity index (χ3n) is 3.06. The van der Waals surface area contributed by atoms with Crippen LogP contribution in [0.1, 0.15) is 65.2 Å². The van der Waals surface area contributed by atoms with Crippen LogP contribution in [0, 0.1) is 0 Å². The van der Waals surface area contributed by atoms with Gasteiger partial charge in [-0.15, -0.1) is 0 Å². The Balaban J connectivity index is 4.05. The molecule has 6 heteroatoms. The number of hydrogen-bond donors (Lipinski definition) is 0. The maximum absolute atomic E-state index is 13.0. The van der Waals surface area contributed by atoms with Gasteiger partial charge in [0, 0.05) is 9.84 Å². The zero-order chi connectivity index (χ0) is 15.2. The smallest absolute Gasteiger partial charge is 0.196 e. The van der Waals surface area contributed by atoms with Crippen LogP contribution in [0.3, 0.4) is 0 Å². The molecule has 1 unspecified atom stereocenters. The lowest BCUT2D eigenvalue weighted by Crippen LogP contribution is -2.41. The van der Waals surface area contributed by atoms with Gasteiger partial charge in [-0.1, -0.05) is 75.0 Å². The maximum atomic E-state index is 13.0. The van der Waals surface area contributed by atoms with E-state index in [0.29, 0.717) is 12.8 Å². The Hall–Kier alpha value is 0.380. The van der Waals surface area contributed by atoms with Gasteiger partial charge in [0.1, 0.15) is 0 Å². The maximum Gasteiger partial charge on any atom is 0.453 e. The Morgan fingerprint density at radius 3 is 1.79 bits per heavy atom. The summed E-state index contributed by atoms with van der Waals surface area (Å²) in [5, 5.41) is 0. The van der Waals surface area contributed by atoms with Gasteiger partial charge in [0.25, 0.3) is 0 Å². The lowest BCUT2D eigenvalue weighted by atomic mass is 9.95. The molecule has 0 N–H and O–H groups in total. The molecule has 0 aromatic rings. The Morgan fingerprint density at radius 2 is 1.32 bits per heavy atom. The van der Waals surface area contributed by atoms with Gasteiger partial charge in [-0.3, -0.25) is 0 Å². The predicted molar refractivity (Wildman–Crippen MR) is 76.0 cm³/mol. The SMILES string of the molecule is CCCCCCCCC(C)(I)CC(F)(F)C(F)(F)F. The second-order valence-corrected chi connectivity index (χ2v) is 7.91. The van der Waals surface area contributed by atoms with Gasteiger partial charge in [-0.2, -0.15) is 22.0 Å². The lowest BCUT2D eigenvalue weighted by molar-refractivity contribution is -0.285. The van der Waals surface area contributed by atoms with Gasteiger partial charge in [-0.25, -0.2) is 0 Å². The lowest BCUT2D eigenvalue weighted by Gasteiger charge is -2.29. The van der Waals surface area contributed by atoms with Crippen molar-refractivity contribution < 1.29 is 22.0 Å². The fourth-order valence-corrected chi connectivity index (χ4v) is 2.79. The normalized spacial score (nSPS) is 16.4. The van der Waals surface area contributed by atoms with Crippen LogP contribution in [-0.2, 0) is 0 Å². The van der Waals surface area contributed by atoms with E-state index in [1.54, 1.807) is 22.6 Å². The first-order valence-electron chi connectivity index (χ1n) is 6.65. The minimum absolute atomic E-state index is 0.394. The average molecular weight is 400 g/mol. The molecule has 0 aromatic carbocycles. The van der Waals surface area contributed by atoms with E-state index in [-0.39, 0.29) is 0 Å². The molecule has 116 valence electrons. The van der Waals surface area contributed by atoms with Crippen molar-refractivity contribution in [1.82, 2.24) is 0 Å². The Bertz CT molecular complexity index is 248. The summed E-state index contributed by atoms with van der Waals surface area (Å²) in [4.78, 5) is 0. The summed E-state index contributed by atoms with van der Waals surface area (Å²) >= 11 is 1.73. The van der Waals surface area contributed by atoms with Crippen LogP contribution >= 0.6 is 22.6 Å². The van der Waals surface area contributed by atoms with E-state index in [1.165, 1.54) is 6.92 Å². The van der Waals surface area contributed by atoms with Gasteiger partial charge in [0.15, 0.2) is 0 Å². The highest BCUT2D eigenvalue weighted by molar-refractivity contribution is 14.1. The molecule has 0 radical (unpaired) electrons. The molecule has 0 saturated heterocycles. The minimum Gasteiger partial charge on any atom is -0.196 e. The molecular formula is C13H22F5I. The second-order valence-electron chi connectivity index (χ2n) is 5.31. The zero-order valence-electron chi connectivity index (χ0n) is 11.4. The molecule has 0 aromatic heterocycles. The highest BCUT2D eigenvalue weighted by Crippen LogP contribution is 2.45. The summed E-state index contributed by atoms with van der Waals surface area (Å²) < 4.78 is 61.3. The molecule has 1 atom stereocenters. The van der Waals surface area contributed by atoms with E-state index < -0.39 is 21.9 Å². The molecule has 0 aliphatic carbocycles. The summed E-state index contributed by atoms with van der Waals surface area (Å²) in [7, 11) is 0. The molecular weight excluding hydrogens is 378 g/mol. The van der Waals surface area contributed by atoms with Gasteiger partial charge < -0.3 is 0 Å². The largest absolute Gasteiger partial charge is 0.453 e. The molecule has 0 aliphatic heterocycles. The van der Waals surface area contributed by atoms with E-state index in [1.807, 2.05) is 0 Å². The summed E-state index contributed by atoms with van der Waals surface area (Å²) in [6.45, 7) is 3.57. The molecule has 19 heavy (non-hydrogen) atoms. The molecule has 0 saturated carbocycles. The highest BCUT2D eigenvalue weighted by atomic mass is 127. The van der Waals surface area contributed by atoms with E-state index in [4.69, 9.17) is 0 Å². The van der Waals surface area contributed by atoms with Crippen LogP contribution in [0.4, 0.5) is 22.0 Å². The van der Waals surface area contributed by atoms with Crippen LogP contribution in [0.2, 0.25) is 0 Å². The van der Waals surface area contributed by atoms with E-state index >= 15 is 0 Å². The summed E-state index contributed by atoms with van der Waals surface area (Å²) in [6, 6.07) is 0. The standard InChI is InChI=1S/C13H22F5I/c1-3-4-5-6-7-8-9-11(2,19)10-12(14,15)13(16,17)18/h3-10H2,1-2H3. The van der Waals surface area contributed by atoms with Crippen molar-refractivity contribution in [1.29, 1.82) is 0 Å². The van der Waals surface area contributed by atoms with Crippen molar-refractivity contribution in [2.75, 3.05) is 0 Å². The first-order chi connectivity index (χ1) is 8.52. The Morgan fingerprint density at radius 1 is 0.842 bits per heavy atom. The topological polar surface area (TPSA) is 0 Å². The van der Waals surface area contributed by atoms with Gasteiger partial charge in [-0.05, 0) is 6.42 Å². The number of alkyl halides is 6. The summed E-state index contributed by atoms with van der Waals surface area (Å²) in [5.74, 6) is -4.59. The van der Waals surface area contributed by atoms with Crippen LogP contribution in [-0.4, -0.2) is 15.5 Å². The highest BCUT2D eigenvalue weighted by Gasteiger charge is 2.59. The number of hydrogen-bond acceptors (Lipinski definition) is 0. The van der Waals surface area contributed by atoms with Crippen LogP contribution in [0.25, 0.3) is 0 Å². The van der Waals surface area contributed by atoms with Crippen molar-refractivity contribution in [2.45, 2.75) is 80.7 Å². The molecule has 0 heterocycles. The van der Waals surface area contributed by atoms with Crippen molar-refractivity contribution in [3.63, 3.8) is 0 Å². The van der Waals surface area contributed by atoms with Gasteiger partial charge >= 0.3 is 12.1 Å². The zero-order valence-corrected chi connectivity index (χ0v) is 13.6. The summed E-state index contributed by atoms with van der Waals surface area (Å²) in [6.07, 6.45) is -0.183. The Labute approximate surface area is 125 Å². The fraction of sp³-hybridized carbons (Fsp3) is 1.00. The van der Waals surface area contributed by atoms with Crippen LogP contribution < -0.4 is 0 Å². The minimum atomic E-state index is -5.44. The number of unbranched alkanes of at least 4 members (excludes halogenated alkanes) is 5. The molecule has 0 bridgehead atoms. The first-order valence-corrected chi connectivity index (χ1v) is 7.73. The average Bonchev–Trinajstić information content (AvgIpc) is 2.20. The monoisotopic (exact) mass is 400 g/mol. The van der Waals surface area contributed by atoms with Crippen LogP contribution in [0.5, 0.6) is 0 Å². The molecule has 0 amide bonds. The first kappa shape index (κ1) is 19.4. The van der Waals surface area contributed by atoms with Crippen molar-refractivity contribution >= 4 is 22.6 Å². The predicted octanol–water partition coefficient (Wildman–Crippen LogP) is 6.52. The quantitative estimate of drug-likeness (QED) is 0.179. The Kier molecular flexibility index (Phi) is 8.14. The molecule has 0 fully saturated rings. The molecule has 0 rings (SSSR count). The third-order valence-corrected chi connectivity index (χ3v) is 3.98. The fourth-order valence-electron chi connectivity index (χ4n) is 1.93. The molecule has 0 aliphatic rings. The van der Waals surface area contributed by atoms with Crippen molar-refractivity contribution in [2.24, 2.45) is 0 Å². The van der Waals surface area contributed by atoms with E-state index in [0.717, 1.165) is 32.1 Å². The number of halogens is 6.